The van der Waals surface area contributed by atoms with Crippen LogP contribution in [0, 0.1) is 5.92 Å². The molecule has 1 aliphatic rings. The molecule has 0 aliphatic carbocycles. The van der Waals surface area contributed by atoms with Crippen LogP contribution in [0.3, 0.4) is 0 Å². The lowest BCUT2D eigenvalue weighted by Gasteiger charge is -2.30. The fourth-order valence-electron chi connectivity index (χ4n) is 1.95. The molecule has 0 spiro atoms. The van der Waals surface area contributed by atoms with Crippen molar-refractivity contribution in [3.8, 4) is 0 Å². The first kappa shape index (κ1) is 10.2. The number of amides is 1. The molecule has 0 aromatic carbocycles. The number of aromatic nitrogens is 1. The molecule has 3 N–H and O–H groups in total. The highest BCUT2D eigenvalue weighted by Gasteiger charge is 2.22. The summed E-state index contributed by atoms with van der Waals surface area (Å²) in [5.41, 5.74) is 0.640. The molecule has 1 fully saturated rings. The van der Waals surface area contributed by atoms with Gasteiger partial charge in [-0.15, -0.1) is 0 Å². The monoisotopic (exact) mass is 207 g/mol. The summed E-state index contributed by atoms with van der Waals surface area (Å²) >= 11 is 0. The Morgan fingerprint density at radius 2 is 2.47 bits per heavy atom. The zero-order valence-electron chi connectivity index (χ0n) is 8.92. The number of carbonyl (C=O) groups excluding carboxylic acids is 1. The lowest BCUT2D eigenvalue weighted by Crippen LogP contribution is -2.48. The van der Waals surface area contributed by atoms with E-state index >= 15 is 0 Å². The Hall–Kier alpha value is -1.29. The Morgan fingerprint density at radius 1 is 1.60 bits per heavy atom. The van der Waals surface area contributed by atoms with Crippen molar-refractivity contribution in [1.29, 1.82) is 0 Å². The minimum Gasteiger partial charge on any atom is -0.357 e. The van der Waals surface area contributed by atoms with Crippen molar-refractivity contribution in [3.63, 3.8) is 0 Å². The van der Waals surface area contributed by atoms with Crippen molar-refractivity contribution < 1.29 is 4.79 Å². The van der Waals surface area contributed by atoms with Crippen LogP contribution >= 0.6 is 0 Å². The van der Waals surface area contributed by atoms with E-state index in [0.717, 1.165) is 19.5 Å². The molecule has 1 aliphatic heterocycles. The molecule has 2 heterocycles. The van der Waals surface area contributed by atoms with Gasteiger partial charge in [0, 0.05) is 12.2 Å². The molecule has 1 aromatic heterocycles. The lowest BCUT2D eigenvalue weighted by molar-refractivity contribution is 0.0910. The maximum absolute atomic E-state index is 11.8. The van der Waals surface area contributed by atoms with Gasteiger partial charge in [0.25, 0.3) is 5.91 Å². The minimum absolute atomic E-state index is 0.00116. The number of carbonyl (C=O) groups is 1. The zero-order valence-corrected chi connectivity index (χ0v) is 8.92. The highest BCUT2D eigenvalue weighted by molar-refractivity contribution is 5.92. The molecule has 82 valence electrons. The molecule has 0 radical (unpaired) electrons. The van der Waals surface area contributed by atoms with Gasteiger partial charge in [0.05, 0.1) is 0 Å². The predicted molar refractivity (Wildman–Crippen MR) is 58.7 cm³/mol. The van der Waals surface area contributed by atoms with Crippen LogP contribution in [0.2, 0.25) is 0 Å². The number of H-pyrrole nitrogens is 1. The maximum Gasteiger partial charge on any atom is 0.267 e. The lowest BCUT2D eigenvalue weighted by atomic mass is 9.95. The van der Waals surface area contributed by atoms with Gasteiger partial charge in [-0.2, -0.15) is 0 Å². The van der Waals surface area contributed by atoms with Gasteiger partial charge >= 0.3 is 0 Å². The SMILES string of the molecule is CC1CNCCC1NC(=O)c1ccc[nH]1. The van der Waals surface area contributed by atoms with Crippen LogP contribution in [0.1, 0.15) is 23.8 Å². The number of aromatic amines is 1. The Morgan fingerprint density at radius 3 is 3.13 bits per heavy atom. The van der Waals surface area contributed by atoms with E-state index in [1.807, 2.05) is 6.07 Å². The molecule has 1 amide bonds. The average Bonchev–Trinajstić information content (AvgIpc) is 2.74. The summed E-state index contributed by atoms with van der Waals surface area (Å²) in [6.07, 6.45) is 2.77. The highest BCUT2D eigenvalue weighted by Crippen LogP contribution is 2.10. The topological polar surface area (TPSA) is 56.9 Å². The third-order valence-corrected chi connectivity index (χ3v) is 2.94. The Bertz CT molecular complexity index is 321. The first-order chi connectivity index (χ1) is 7.27. The normalized spacial score (nSPS) is 26.2. The van der Waals surface area contributed by atoms with Gasteiger partial charge < -0.3 is 15.6 Å². The molecule has 15 heavy (non-hydrogen) atoms. The smallest absolute Gasteiger partial charge is 0.267 e. The summed E-state index contributed by atoms with van der Waals surface area (Å²) < 4.78 is 0. The molecule has 1 saturated heterocycles. The van der Waals surface area contributed by atoms with Gasteiger partial charge in [-0.25, -0.2) is 0 Å². The van der Waals surface area contributed by atoms with Crippen LogP contribution in [0.25, 0.3) is 0 Å². The van der Waals surface area contributed by atoms with Crippen molar-refractivity contribution in [1.82, 2.24) is 15.6 Å². The third-order valence-electron chi connectivity index (χ3n) is 2.94. The summed E-state index contributed by atoms with van der Waals surface area (Å²) in [5, 5.41) is 6.37. The van der Waals surface area contributed by atoms with E-state index in [0.29, 0.717) is 17.7 Å². The number of hydrogen-bond donors (Lipinski definition) is 3. The van der Waals surface area contributed by atoms with E-state index in [9.17, 15) is 4.79 Å². The molecule has 2 unspecified atom stereocenters. The van der Waals surface area contributed by atoms with Crippen molar-refractivity contribution in [2.45, 2.75) is 19.4 Å². The van der Waals surface area contributed by atoms with E-state index in [4.69, 9.17) is 0 Å². The van der Waals surface area contributed by atoms with Crippen LogP contribution in [0.15, 0.2) is 18.3 Å². The predicted octanol–water partition coefficient (Wildman–Crippen LogP) is 0.742. The van der Waals surface area contributed by atoms with Crippen molar-refractivity contribution in [3.05, 3.63) is 24.0 Å². The van der Waals surface area contributed by atoms with Crippen LogP contribution in [-0.4, -0.2) is 30.0 Å². The van der Waals surface area contributed by atoms with E-state index in [-0.39, 0.29) is 5.91 Å². The first-order valence-corrected chi connectivity index (χ1v) is 5.42. The second-order valence-electron chi connectivity index (χ2n) is 4.13. The van der Waals surface area contributed by atoms with Crippen LogP contribution in [0.5, 0.6) is 0 Å². The fourth-order valence-corrected chi connectivity index (χ4v) is 1.95. The molecule has 0 bridgehead atoms. The Balaban J connectivity index is 1.93. The van der Waals surface area contributed by atoms with Gasteiger partial charge in [-0.05, 0) is 37.6 Å². The molecular weight excluding hydrogens is 190 g/mol. The maximum atomic E-state index is 11.8. The van der Waals surface area contributed by atoms with E-state index < -0.39 is 0 Å². The standard InChI is InChI=1S/C11H17N3O/c1-8-7-12-6-4-9(8)14-11(15)10-3-2-5-13-10/h2-3,5,8-9,12-13H,4,6-7H2,1H3,(H,14,15). The highest BCUT2D eigenvalue weighted by atomic mass is 16.1. The van der Waals surface area contributed by atoms with E-state index in [2.05, 4.69) is 22.5 Å². The molecule has 0 saturated carbocycles. The van der Waals surface area contributed by atoms with Gasteiger partial charge in [-0.1, -0.05) is 6.92 Å². The molecule has 4 nitrogen and oxygen atoms in total. The second-order valence-corrected chi connectivity index (χ2v) is 4.13. The fraction of sp³-hybridized carbons (Fsp3) is 0.545. The summed E-state index contributed by atoms with van der Waals surface area (Å²) in [6, 6.07) is 3.92. The number of rotatable bonds is 2. The van der Waals surface area contributed by atoms with Gasteiger partial charge in [0.2, 0.25) is 0 Å². The summed E-state index contributed by atoms with van der Waals surface area (Å²) in [5.74, 6) is 0.497. The van der Waals surface area contributed by atoms with E-state index in [1.165, 1.54) is 0 Å². The number of hydrogen-bond acceptors (Lipinski definition) is 2. The van der Waals surface area contributed by atoms with Gasteiger partial charge in [0.1, 0.15) is 5.69 Å². The summed E-state index contributed by atoms with van der Waals surface area (Å²) in [6.45, 7) is 4.13. The van der Waals surface area contributed by atoms with Crippen molar-refractivity contribution in [2.75, 3.05) is 13.1 Å². The summed E-state index contributed by atoms with van der Waals surface area (Å²) in [7, 11) is 0. The first-order valence-electron chi connectivity index (χ1n) is 5.42. The van der Waals surface area contributed by atoms with Crippen molar-refractivity contribution >= 4 is 5.91 Å². The van der Waals surface area contributed by atoms with Crippen LogP contribution in [-0.2, 0) is 0 Å². The van der Waals surface area contributed by atoms with Crippen molar-refractivity contribution in [2.24, 2.45) is 5.92 Å². The van der Waals surface area contributed by atoms with E-state index in [1.54, 1.807) is 12.3 Å². The minimum atomic E-state index is -0.00116. The van der Waals surface area contributed by atoms with Crippen LogP contribution in [0.4, 0.5) is 0 Å². The van der Waals surface area contributed by atoms with Gasteiger partial charge in [-0.3, -0.25) is 4.79 Å². The Kier molecular flexibility index (Phi) is 3.06. The van der Waals surface area contributed by atoms with Crippen LogP contribution < -0.4 is 10.6 Å². The average molecular weight is 207 g/mol. The Labute approximate surface area is 89.5 Å². The molecular formula is C11H17N3O. The quantitative estimate of drug-likeness (QED) is 0.670. The largest absolute Gasteiger partial charge is 0.357 e. The summed E-state index contributed by atoms with van der Waals surface area (Å²) in [4.78, 5) is 14.7. The molecule has 2 atom stereocenters. The number of nitrogens with one attached hydrogen (secondary N) is 3. The second kappa shape index (κ2) is 4.49. The molecule has 4 heteroatoms. The molecule has 1 aromatic rings. The number of piperidine rings is 1. The third kappa shape index (κ3) is 2.39. The zero-order chi connectivity index (χ0) is 10.7. The molecule has 2 rings (SSSR count). The van der Waals surface area contributed by atoms with Gasteiger partial charge in [0.15, 0.2) is 0 Å².